The van der Waals surface area contributed by atoms with Gasteiger partial charge in [-0.3, -0.25) is 4.79 Å². The Bertz CT molecular complexity index is 5230. The minimum atomic E-state index is -1.07. The highest BCUT2D eigenvalue weighted by molar-refractivity contribution is 5.76. The molecule has 1 aliphatic carbocycles. The summed E-state index contributed by atoms with van der Waals surface area (Å²) < 4.78 is 62.5. The fourth-order valence-corrected chi connectivity index (χ4v) is 17.1. The number of aliphatic hydroxyl groups is 9. The number of phenolic OH excluding ortho intramolecular Hbond substituents is 10. The maximum Gasteiger partial charge on any atom is 0.309 e. The molecule has 14 unspecified atom stereocenters. The van der Waals surface area contributed by atoms with Gasteiger partial charge in [0, 0.05) is 79.8 Å². The molecule has 0 bridgehead atoms. The minimum absolute atomic E-state index is 0. The summed E-state index contributed by atoms with van der Waals surface area (Å²) >= 11 is 0. The number of rotatable bonds is 35. The average Bonchev–Trinajstić information content (AvgIpc) is 1.07. The van der Waals surface area contributed by atoms with E-state index in [0.29, 0.717) is 102 Å². The van der Waals surface area contributed by atoms with Gasteiger partial charge in [-0.2, -0.15) is 0 Å². The molecule has 2 heterocycles. The minimum Gasteiger partial charge on any atom is -0.504 e. The van der Waals surface area contributed by atoms with Gasteiger partial charge >= 0.3 is 5.97 Å². The molecule has 2 saturated heterocycles. The number of ether oxygens (including phenoxy) is 12. The van der Waals surface area contributed by atoms with Crippen molar-refractivity contribution < 1.29 is 160 Å². The maximum absolute atomic E-state index is 12.2. The zero-order valence-electron chi connectivity index (χ0n) is 75.8. The number of phenols is 10. The molecular formula is C102H132BO32. The summed E-state index contributed by atoms with van der Waals surface area (Å²) in [5.41, 5.74) is 8.92. The number of cyclic esters (lactones) is 1. The normalized spacial score (nSPS) is 18.0. The van der Waals surface area contributed by atoms with E-state index in [1.165, 1.54) is 101 Å². The third-order valence-electron chi connectivity index (χ3n) is 24.5. The Morgan fingerprint density at radius 3 is 1.11 bits per heavy atom. The van der Waals surface area contributed by atoms with Crippen LogP contribution in [0.3, 0.4) is 0 Å². The first-order chi connectivity index (χ1) is 63.5. The molecule has 0 saturated carbocycles. The van der Waals surface area contributed by atoms with Crippen LogP contribution < -0.4 is 47.4 Å². The number of aromatic hydroxyl groups is 10. The van der Waals surface area contributed by atoms with Crippen LogP contribution in [0.4, 0.5) is 0 Å². The number of esters is 1. The van der Waals surface area contributed by atoms with Crippen molar-refractivity contribution in [2.75, 3.05) is 131 Å². The van der Waals surface area contributed by atoms with E-state index in [1.807, 2.05) is 6.07 Å². The van der Waals surface area contributed by atoms with Gasteiger partial charge in [0.25, 0.3) is 0 Å². The van der Waals surface area contributed by atoms with Crippen molar-refractivity contribution in [3.63, 3.8) is 0 Å². The Balaban J connectivity index is 0.000000298. The lowest BCUT2D eigenvalue weighted by atomic mass is 9.67. The SMILES string of the molecule is C.C.COc1cc(C2c3cc(O)c(OC)cc3CC(CO)C2CO)ccc1O.COc1cc(CC(CO)C(CO)C(O)c2ccc(O)c(OC)c2)ccc1O.COc1cc(CC(CO)C(CO)Cc2ccc(O)c(OC)c2)ccc1O.COc1cc(CC2C(=O)OCC2C(O)c2ccc(O)c(OC)c2)ccc1O.COc1cc(CC2COC(c3ccc(O)c(OC)c3)C2CO)ccc1O.[2HH].[B]. The van der Waals surface area contributed by atoms with Crippen LogP contribution in [-0.2, 0) is 52.8 Å². The van der Waals surface area contributed by atoms with Crippen LogP contribution in [0, 0.1) is 59.2 Å². The highest BCUT2D eigenvalue weighted by Gasteiger charge is 2.44. The lowest BCUT2D eigenvalue weighted by Gasteiger charge is -2.38. The summed E-state index contributed by atoms with van der Waals surface area (Å²) in [4.78, 5) is 12.2. The van der Waals surface area contributed by atoms with E-state index in [1.54, 1.807) is 140 Å². The number of benzene rings is 10. The number of fused-ring (bicyclic) bond motifs is 1. The summed E-state index contributed by atoms with van der Waals surface area (Å²) in [6.45, 7) is -0.303. The van der Waals surface area contributed by atoms with Crippen molar-refractivity contribution in [3.8, 4) is 115 Å². The molecule has 0 amide bonds. The molecule has 32 nitrogen and oxygen atoms in total. The van der Waals surface area contributed by atoms with Crippen molar-refractivity contribution in [1.82, 2.24) is 0 Å². The van der Waals surface area contributed by atoms with Gasteiger partial charge in [-0.05, 0) is 257 Å². The van der Waals surface area contributed by atoms with Gasteiger partial charge in [-0.25, -0.2) is 0 Å². The molecule has 2 aliphatic heterocycles. The van der Waals surface area contributed by atoms with E-state index in [-0.39, 0.29) is 200 Å². The van der Waals surface area contributed by atoms with Gasteiger partial charge in [0.1, 0.15) is 0 Å². The van der Waals surface area contributed by atoms with Gasteiger partial charge in [0.15, 0.2) is 115 Å². The van der Waals surface area contributed by atoms with E-state index in [9.17, 15) is 102 Å². The molecule has 3 radical (unpaired) electrons. The second-order valence-corrected chi connectivity index (χ2v) is 32.3. The van der Waals surface area contributed by atoms with E-state index in [4.69, 9.17) is 56.8 Å². The molecule has 0 aromatic heterocycles. The molecule has 33 heteroatoms. The standard InChI is InChI=1S/C20H22O7.C20H26O7.2C20H24O6.C20H26O6.2CH4.B.H2/c1-25-17-8-11(3-5-15(17)21)7-13-14(10-27-20(13)24)19(23)12-4-6-16(22)18(9-12)26-2;1-26-18-8-12(3-5-16(18)23)7-14(10-21)15(11-22)20(25)13-4-6-17(24)19(9-13)27-2;1-24-18-8-12(3-5-16(18)22)7-14-11-26-20(15(14)10-21)13-4-6-17(23)19(9-13)25-2;1-25-18-6-11(3-4-16(18)23)20-14-8-17(24)19(26-2)7-12(14)5-13(9-21)15(20)10-22;1-25-19-9-13(3-5-17(19)23)7-15(11-21)16(12-22)8-14-4-6-18(24)20(10-14)26-2;;;;/h3-6,8-9,13-14,19,21-23H,7,10H2,1-2H3;3-6,8-9,14-15,20-25H,7,10-11H2,1-2H3;3-6,8-9,14-15,20-23H,7,10-11H2,1-2H3;3-4,6-8,13,15,20-24H,5,9-10H2,1-2H3;3-6,9-10,15-16,21-24H,7-8,11-12H2,1-2H3;2*1H4;;1H/i;;;;;;;;1+1. The van der Waals surface area contributed by atoms with Crippen LogP contribution >= 0.6 is 0 Å². The van der Waals surface area contributed by atoms with Gasteiger partial charge < -0.3 is 154 Å². The highest BCUT2D eigenvalue weighted by atomic mass is 16.5. The molecular weight excluding hydrogens is 1750 g/mol. The van der Waals surface area contributed by atoms with Crippen molar-refractivity contribution in [2.24, 2.45) is 59.2 Å². The Labute approximate surface area is 790 Å². The van der Waals surface area contributed by atoms with E-state index in [2.05, 4.69) is 0 Å². The third-order valence-corrected chi connectivity index (χ3v) is 24.5. The highest BCUT2D eigenvalue weighted by Crippen LogP contribution is 2.50. The number of carbonyl (C=O) groups is 1. The van der Waals surface area contributed by atoms with E-state index in [0.717, 1.165) is 50.1 Å². The second kappa shape index (κ2) is 53.4. The van der Waals surface area contributed by atoms with Crippen molar-refractivity contribution >= 4 is 14.4 Å². The Morgan fingerprint density at radius 2 is 0.704 bits per heavy atom. The van der Waals surface area contributed by atoms with Crippen LogP contribution in [0.15, 0.2) is 176 Å². The number of carbonyl (C=O) groups excluding carboxylic acids is 1. The van der Waals surface area contributed by atoms with Crippen molar-refractivity contribution in [1.29, 1.82) is 0 Å². The molecule has 19 N–H and O–H groups in total. The van der Waals surface area contributed by atoms with Crippen LogP contribution in [0.1, 0.15) is 102 Å². The molecule has 0 spiro atoms. The maximum atomic E-state index is 12.2. The molecule has 3 aliphatic rings. The van der Waals surface area contributed by atoms with Crippen molar-refractivity contribution in [3.05, 3.63) is 237 Å². The van der Waals surface area contributed by atoms with E-state index >= 15 is 0 Å². The summed E-state index contributed by atoms with van der Waals surface area (Å²) in [6.07, 6.45) is 0.764. The summed E-state index contributed by atoms with van der Waals surface area (Å²) in [6, 6.07) is 47.8. The summed E-state index contributed by atoms with van der Waals surface area (Å²) in [7, 11) is 14.7. The largest absolute Gasteiger partial charge is 0.504 e. The molecule has 10 aromatic carbocycles. The predicted octanol–water partition coefficient (Wildman–Crippen LogP) is 11.7. The molecule has 2 fully saturated rings. The third kappa shape index (κ3) is 28.0. The van der Waals surface area contributed by atoms with Gasteiger partial charge in [-0.1, -0.05) is 69.5 Å². The molecule has 13 rings (SSSR count). The molecule has 14 atom stereocenters. The summed E-state index contributed by atoms with van der Waals surface area (Å²) in [5, 5.41) is 189. The van der Waals surface area contributed by atoms with Crippen LogP contribution in [0.5, 0.6) is 115 Å². The zero-order chi connectivity index (χ0) is 96.2. The molecule has 735 valence electrons. The predicted molar refractivity (Wildman–Crippen MR) is 506 cm³/mol. The van der Waals surface area contributed by atoms with Crippen LogP contribution in [-0.4, -0.2) is 242 Å². The smallest absolute Gasteiger partial charge is 0.309 e. The Morgan fingerprint density at radius 1 is 0.356 bits per heavy atom. The molecule has 10 aromatic rings. The average molecular weight is 1880 g/mol. The summed E-state index contributed by atoms with van der Waals surface area (Å²) in [5.74, 6) is 0.301. The topological polar surface area (TPSA) is 512 Å². The number of hydrogen-bond acceptors (Lipinski definition) is 32. The number of aliphatic hydroxyl groups excluding tert-OH is 9. The lowest BCUT2D eigenvalue weighted by Crippen LogP contribution is -2.35. The zero-order valence-corrected chi connectivity index (χ0v) is 75.8. The quantitative estimate of drug-likeness (QED) is 0.0130. The Hall–Kier alpha value is -12.7. The van der Waals surface area contributed by atoms with Gasteiger partial charge in [0.05, 0.1) is 109 Å². The molecule has 135 heavy (non-hydrogen) atoms. The Kier molecular flexibility index (Phi) is 44.0. The fourth-order valence-electron chi connectivity index (χ4n) is 17.1. The van der Waals surface area contributed by atoms with E-state index < -0.39 is 35.9 Å². The first kappa shape index (κ1) is 111. The first-order valence-electron chi connectivity index (χ1n) is 42.6. The van der Waals surface area contributed by atoms with Crippen LogP contribution in [0.25, 0.3) is 0 Å². The second-order valence-electron chi connectivity index (χ2n) is 32.3. The van der Waals surface area contributed by atoms with Crippen LogP contribution in [0.2, 0.25) is 0 Å². The lowest BCUT2D eigenvalue weighted by molar-refractivity contribution is -0.141. The number of hydrogen-bond donors (Lipinski definition) is 19. The first-order valence-corrected chi connectivity index (χ1v) is 42.6. The number of methoxy groups -OCH3 is 10. The van der Waals surface area contributed by atoms with Crippen molar-refractivity contribution in [2.45, 2.75) is 77.6 Å². The van der Waals surface area contributed by atoms with Gasteiger partial charge in [0.2, 0.25) is 0 Å². The van der Waals surface area contributed by atoms with Gasteiger partial charge in [-0.15, -0.1) is 0 Å². The monoisotopic (exact) mass is 1880 g/mol. The fraction of sp³-hybridized carbons (Fsp3) is 0.402.